The van der Waals surface area contributed by atoms with Crippen LogP contribution in [-0.2, 0) is 19.4 Å². The Labute approximate surface area is 145 Å². The zero-order valence-electron chi connectivity index (χ0n) is 14.0. The van der Waals surface area contributed by atoms with Crippen molar-refractivity contribution >= 4 is 33.3 Å². The molecule has 0 radical (unpaired) electrons. The second-order valence-corrected chi connectivity index (χ2v) is 8.48. The summed E-state index contributed by atoms with van der Waals surface area (Å²) in [7, 11) is 0. The molecule has 0 fully saturated rings. The predicted octanol–water partition coefficient (Wildman–Crippen LogP) is 4.81. The van der Waals surface area contributed by atoms with Gasteiger partial charge in [0.05, 0.1) is 5.39 Å². The standard InChI is InChI=1S/C18H24N2OS2/c1-4-5-10-22-18-19-16-15(17(21)20(18)11-12(2)3)13-8-6-7-9-14(13)23-16/h2,4-11H2,1,3H3. The minimum absolute atomic E-state index is 0.136. The summed E-state index contributed by atoms with van der Waals surface area (Å²) in [4.78, 5) is 20.3. The Morgan fingerprint density at radius 1 is 1.39 bits per heavy atom. The van der Waals surface area contributed by atoms with Crippen LogP contribution in [0.2, 0.25) is 0 Å². The molecule has 0 amide bonds. The van der Waals surface area contributed by atoms with Crippen LogP contribution >= 0.6 is 23.1 Å². The number of aryl methyl sites for hydroxylation is 2. The molecular weight excluding hydrogens is 324 g/mol. The topological polar surface area (TPSA) is 34.9 Å². The third-order valence-corrected chi connectivity index (χ3v) is 6.45. The Bertz CT molecular complexity index is 788. The summed E-state index contributed by atoms with van der Waals surface area (Å²) in [5.41, 5.74) is 2.40. The van der Waals surface area contributed by atoms with Gasteiger partial charge < -0.3 is 0 Å². The van der Waals surface area contributed by atoms with Crippen LogP contribution in [0.25, 0.3) is 10.2 Å². The van der Waals surface area contributed by atoms with Crippen LogP contribution in [-0.4, -0.2) is 15.3 Å². The van der Waals surface area contributed by atoms with Gasteiger partial charge in [0.2, 0.25) is 0 Å². The molecule has 0 aliphatic heterocycles. The number of allylic oxidation sites excluding steroid dienone is 1. The number of hydrogen-bond acceptors (Lipinski definition) is 4. The minimum atomic E-state index is 0.136. The summed E-state index contributed by atoms with van der Waals surface area (Å²) in [6.07, 6.45) is 6.86. The van der Waals surface area contributed by atoms with E-state index in [0.29, 0.717) is 6.54 Å². The Hall–Kier alpha value is -1.07. The monoisotopic (exact) mass is 348 g/mol. The fourth-order valence-electron chi connectivity index (χ4n) is 3.05. The molecule has 0 bridgehead atoms. The first-order valence-electron chi connectivity index (χ1n) is 8.44. The molecule has 1 aliphatic carbocycles. The fourth-order valence-corrected chi connectivity index (χ4v) is 5.43. The van der Waals surface area contributed by atoms with Gasteiger partial charge in [0.15, 0.2) is 5.16 Å². The largest absolute Gasteiger partial charge is 0.283 e. The van der Waals surface area contributed by atoms with Gasteiger partial charge in [-0.1, -0.05) is 37.3 Å². The summed E-state index contributed by atoms with van der Waals surface area (Å²) < 4.78 is 1.84. The number of aromatic nitrogens is 2. The van der Waals surface area contributed by atoms with Crippen molar-refractivity contribution in [1.29, 1.82) is 0 Å². The van der Waals surface area contributed by atoms with Crippen LogP contribution in [0.3, 0.4) is 0 Å². The number of fused-ring (bicyclic) bond motifs is 3. The molecule has 2 aromatic rings. The summed E-state index contributed by atoms with van der Waals surface area (Å²) in [5, 5.41) is 1.74. The molecule has 3 rings (SSSR count). The SMILES string of the molecule is C=C(C)Cn1c(SCCCC)nc2sc3c(c2c1=O)CCCC3. The number of rotatable bonds is 6. The van der Waals surface area contributed by atoms with E-state index < -0.39 is 0 Å². The lowest BCUT2D eigenvalue weighted by atomic mass is 9.97. The number of unbranched alkanes of at least 4 members (excludes halogenated alkanes) is 1. The third-order valence-electron chi connectivity index (χ3n) is 4.20. The zero-order valence-corrected chi connectivity index (χ0v) is 15.6. The summed E-state index contributed by atoms with van der Waals surface area (Å²) in [5.74, 6) is 1.01. The molecule has 2 heterocycles. The highest BCUT2D eigenvalue weighted by molar-refractivity contribution is 7.99. The first-order chi connectivity index (χ1) is 11.1. The van der Waals surface area contributed by atoms with Crippen molar-refractivity contribution in [2.75, 3.05) is 5.75 Å². The second kappa shape index (κ2) is 7.22. The lowest BCUT2D eigenvalue weighted by Gasteiger charge is -2.13. The highest BCUT2D eigenvalue weighted by atomic mass is 32.2. The predicted molar refractivity (Wildman–Crippen MR) is 101 cm³/mol. The molecule has 0 atom stereocenters. The average Bonchev–Trinajstić information content (AvgIpc) is 2.89. The smallest absolute Gasteiger partial charge is 0.263 e. The molecule has 0 aromatic carbocycles. The zero-order chi connectivity index (χ0) is 16.4. The van der Waals surface area contributed by atoms with E-state index in [4.69, 9.17) is 4.98 Å². The number of hydrogen-bond donors (Lipinski definition) is 0. The van der Waals surface area contributed by atoms with E-state index in [-0.39, 0.29) is 5.56 Å². The van der Waals surface area contributed by atoms with E-state index in [9.17, 15) is 4.79 Å². The van der Waals surface area contributed by atoms with Crippen molar-refractivity contribution in [2.24, 2.45) is 0 Å². The molecular formula is C18H24N2OS2. The summed E-state index contributed by atoms with van der Waals surface area (Å²) in [6, 6.07) is 0. The maximum Gasteiger partial charge on any atom is 0.263 e. The van der Waals surface area contributed by atoms with E-state index in [0.717, 1.165) is 52.4 Å². The molecule has 23 heavy (non-hydrogen) atoms. The Morgan fingerprint density at radius 3 is 2.91 bits per heavy atom. The van der Waals surface area contributed by atoms with Gasteiger partial charge in [-0.2, -0.15) is 0 Å². The van der Waals surface area contributed by atoms with E-state index in [1.807, 2.05) is 11.5 Å². The lowest BCUT2D eigenvalue weighted by molar-refractivity contribution is 0.649. The van der Waals surface area contributed by atoms with Crippen molar-refractivity contribution in [3.8, 4) is 0 Å². The number of thiophene rings is 1. The molecule has 3 nitrogen and oxygen atoms in total. The molecule has 0 saturated carbocycles. The first-order valence-corrected chi connectivity index (χ1v) is 10.2. The van der Waals surface area contributed by atoms with Crippen LogP contribution in [0, 0.1) is 0 Å². The van der Waals surface area contributed by atoms with Gasteiger partial charge in [0.25, 0.3) is 5.56 Å². The Kier molecular flexibility index (Phi) is 5.27. The molecule has 0 unspecified atom stereocenters. The van der Waals surface area contributed by atoms with Crippen LogP contribution in [0.5, 0.6) is 0 Å². The quantitative estimate of drug-likeness (QED) is 0.325. The van der Waals surface area contributed by atoms with Gasteiger partial charge in [-0.05, 0) is 44.6 Å². The molecule has 0 N–H and O–H groups in total. The van der Waals surface area contributed by atoms with Gasteiger partial charge in [-0.15, -0.1) is 11.3 Å². The Morgan fingerprint density at radius 2 is 2.17 bits per heavy atom. The number of thioether (sulfide) groups is 1. The molecule has 2 aromatic heterocycles. The third kappa shape index (κ3) is 3.41. The normalized spacial score (nSPS) is 14.2. The summed E-state index contributed by atoms with van der Waals surface area (Å²) in [6.45, 7) is 8.72. The van der Waals surface area contributed by atoms with Gasteiger partial charge >= 0.3 is 0 Å². The van der Waals surface area contributed by atoms with Crippen LogP contribution in [0.1, 0.15) is 50.0 Å². The van der Waals surface area contributed by atoms with E-state index in [2.05, 4.69) is 13.5 Å². The lowest BCUT2D eigenvalue weighted by Crippen LogP contribution is -2.24. The van der Waals surface area contributed by atoms with Crippen molar-refractivity contribution in [1.82, 2.24) is 9.55 Å². The molecule has 5 heteroatoms. The van der Waals surface area contributed by atoms with Gasteiger partial charge in [0.1, 0.15) is 4.83 Å². The second-order valence-electron chi connectivity index (χ2n) is 6.34. The van der Waals surface area contributed by atoms with Crippen molar-refractivity contribution in [3.05, 3.63) is 32.9 Å². The molecule has 0 spiro atoms. The molecule has 124 valence electrons. The maximum absolute atomic E-state index is 13.1. The van der Waals surface area contributed by atoms with Crippen molar-refractivity contribution < 1.29 is 0 Å². The molecule has 1 aliphatic rings. The van der Waals surface area contributed by atoms with E-state index >= 15 is 0 Å². The first kappa shape index (κ1) is 16.8. The van der Waals surface area contributed by atoms with Gasteiger partial charge in [-0.25, -0.2) is 4.98 Å². The number of nitrogens with zero attached hydrogens (tertiary/aromatic N) is 2. The highest BCUT2D eigenvalue weighted by Gasteiger charge is 2.22. The highest BCUT2D eigenvalue weighted by Crippen LogP contribution is 2.34. The van der Waals surface area contributed by atoms with Crippen LogP contribution in [0.15, 0.2) is 22.1 Å². The van der Waals surface area contributed by atoms with Gasteiger partial charge in [0, 0.05) is 17.2 Å². The maximum atomic E-state index is 13.1. The van der Waals surface area contributed by atoms with E-state index in [1.54, 1.807) is 23.1 Å². The molecule has 0 saturated heterocycles. The van der Waals surface area contributed by atoms with Crippen LogP contribution in [0.4, 0.5) is 0 Å². The van der Waals surface area contributed by atoms with Gasteiger partial charge in [-0.3, -0.25) is 9.36 Å². The van der Waals surface area contributed by atoms with Crippen LogP contribution < -0.4 is 5.56 Å². The fraction of sp³-hybridized carbons (Fsp3) is 0.556. The average molecular weight is 349 g/mol. The van der Waals surface area contributed by atoms with E-state index in [1.165, 1.54) is 23.3 Å². The summed E-state index contributed by atoms with van der Waals surface area (Å²) >= 11 is 3.44. The minimum Gasteiger partial charge on any atom is -0.283 e. The Balaban J connectivity index is 2.13. The van der Waals surface area contributed by atoms with Crippen molar-refractivity contribution in [3.63, 3.8) is 0 Å². The van der Waals surface area contributed by atoms with Crippen molar-refractivity contribution in [2.45, 2.75) is 64.1 Å².